The second-order valence-corrected chi connectivity index (χ2v) is 7.94. The quantitative estimate of drug-likeness (QED) is 0.551. The van der Waals surface area contributed by atoms with E-state index in [0.29, 0.717) is 24.4 Å². The van der Waals surface area contributed by atoms with Gasteiger partial charge < -0.3 is 23.7 Å². The summed E-state index contributed by atoms with van der Waals surface area (Å²) in [4.78, 5) is 28.7. The number of aryl methyl sites for hydroxylation is 1. The minimum atomic E-state index is -0.385. The zero-order valence-corrected chi connectivity index (χ0v) is 18.7. The van der Waals surface area contributed by atoms with Gasteiger partial charge in [0.05, 0.1) is 12.8 Å². The molecular formula is C25H28N2O5. The number of benzene rings is 2. The topological polar surface area (TPSA) is 72.2 Å². The number of ether oxygens (including phenoxy) is 2. The van der Waals surface area contributed by atoms with Crippen molar-refractivity contribution in [2.75, 3.05) is 38.3 Å². The number of methoxy groups -OCH3 is 1. The third-order valence-corrected chi connectivity index (χ3v) is 5.92. The van der Waals surface area contributed by atoms with Crippen LogP contribution in [0.4, 0.5) is 5.69 Å². The van der Waals surface area contributed by atoms with Crippen LogP contribution in [-0.2, 0) is 11.2 Å². The molecular weight excluding hydrogens is 408 g/mol. The van der Waals surface area contributed by atoms with Gasteiger partial charge in [0.15, 0.2) is 6.61 Å². The molecule has 1 amide bonds. The maximum Gasteiger partial charge on any atom is 0.336 e. The molecule has 32 heavy (non-hydrogen) atoms. The van der Waals surface area contributed by atoms with E-state index >= 15 is 0 Å². The highest BCUT2D eigenvalue weighted by molar-refractivity contribution is 5.82. The molecule has 0 radical (unpaired) electrons. The minimum absolute atomic E-state index is 0.0338. The van der Waals surface area contributed by atoms with E-state index in [2.05, 4.69) is 4.90 Å². The fourth-order valence-electron chi connectivity index (χ4n) is 4.26. The van der Waals surface area contributed by atoms with Gasteiger partial charge >= 0.3 is 5.63 Å². The van der Waals surface area contributed by atoms with Gasteiger partial charge in [-0.2, -0.15) is 0 Å². The number of amides is 1. The van der Waals surface area contributed by atoms with Crippen LogP contribution in [0.25, 0.3) is 11.0 Å². The molecule has 0 saturated carbocycles. The predicted molar refractivity (Wildman–Crippen MR) is 124 cm³/mol. The highest BCUT2D eigenvalue weighted by atomic mass is 16.5. The van der Waals surface area contributed by atoms with E-state index in [0.717, 1.165) is 35.4 Å². The number of piperazine rings is 1. The zero-order valence-electron chi connectivity index (χ0n) is 18.7. The van der Waals surface area contributed by atoms with Crippen LogP contribution in [0.1, 0.15) is 19.4 Å². The molecule has 0 bridgehead atoms. The molecule has 3 aromatic rings. The van der Waals surface area contributed by atoms with Crippen molar-refractivity contribution in [1.82, 2.24) is 4.90 Å². The largest absolute Gasteiger partial charge is 0.495 e. The van der Waals surface area contributed by atoms with Crippen LogP contribution in [0.2, 0.25) is 0 Å². The maximum atomic E-state index is 12.9. The highest BCUT2D eigenvalue weighted by Gasteiger charge is 2.28. The summed E-state index contributed by atoms with van der Waals surface area (Å²) in [6.45, 7) is 6.00. The molecule has 0 N–H and O–H groups in total. The standard InChI is InChI=1S/C25H28N2O5/c1-4-18-13-25(29)32-23-14-19(9-10-20(18)23)31-16-24(28)27-12-11-26(15-17(27)2)21-7-5-6-8-22(21)30-3/h5-10,13-14,17H,4,11-12,15-16H2,1-3H3. The molecule has 0 spiro atoms. The lowest BCUT2D eigenvalue weighted by molar-refractivity contribution is -0.135. The Balaban J connectivity index is 1.40. The summed E-state index contributed by atoms with van der Waals surface area (Å²) in [7, 11) is 1.67. The van der Waals surface area contributed by atoms with Crippen molar-refractivity contribution in [1.29, 1.82) is 0 Å². The molecule has 7 nitrogen and oxygen atoms in total. The van der Waals surface area contributed by atoms with Gasteiger partial charge in [-0.25, -0.2) is 4.79 Å². The van der Waals surface area contributed by atoms with E-state index in [1.165, 1.54) is 6.07 Å². The highest BCUT2D eigenvalue weighted by Crippen LogP contribution is 2.29. The Kier molecular flexibility index (Phi) is 6.35. The Morgan fingerprint density at radius 2 is 1.97 bits per heavy atom. The first-order chi connectivity index (χ1) is 15.5. The number of anilines is 1. The average Bonchev–Trinajstić information content (AvgIpc) is 2.81. The smallest absolute Gasteiger partial charge is 0.336 e. The van der Waals surface area contributed by atoms with Crippen molar-refractivity contribution in [3.63, 3.8) is 0 Å². The lowest BCUT2D eigenvalue weighted by atomic mass is 10.1. The number of nitrogens with zero attached hydrogens (tertiary/aromatic N) is 2. The Bertz CT molecular complexity index is 1170. The van der Waals surface area contributed by atoms with Gasteiger partial charge in [-0.1, -0.05) is 19.1 Å². The van der Waals surface area contributed by atoms with Crippen LogP contribution in [0.15, 0.2) is 57.7 Å². The number of carbonyl (C=O) groups is 1. The SMILES string of the molecule is CCc1cc(=O)oc2cc(OCC(=O)N3CCN(c4ccccc4OC)CC3C)ccc12. The van der Waals surface area contributed by atoms with Gasteiger partial charge in [0, 0.05) is 43.2 Å². The molecule has 2 aromatic carbocycles. The van der Waals surface area contributed by atoms with E-state index in [4.69, 9.17) is 13.9 Å². The lowest BCUT2D eigenvalue weighted by Crippen LogP contribution is -2.55. The summed E-state index contributed by atoms with van der Waals surface area (Å²) in [5, 5.41) is 0.881. The first-order valence-corrected chi connectivity index (χ1v) is 10.9. The Labute approximate surface area is 187 Å². The molecule has 0 aliphatic carbocycles. The minimum Gasteiger partial charge on any atom is -0.495 e. The van der Waals surface area contributed by atoms with Gasteiger partial charge in [-0.05, 0) is 43.2 Å². The van der Waals surface area contributed by atoms with Crippen molar-refractivity contribution in [3.8, 4) is 11.5 Å². The fourth-order valence-corrected chi connectivity index (χ4v) is 4.26. The number of fused-ring (bicyclic) bond motifs is 1. The van der Waals surface area contributed by atoms with Gasteiger partial charge in [0.2, 0.25) is 0 Å². The monoisotopic (exact) mass is 436 g/mol. The summed E-state index contributed by atoms with van der Waals surface area (Å²) >= 11 is 0. The van der Waals surface area contributed by atoms with Crippen molar-refractivity contribution in [2.45, 2.75) is 26.3 Å². The van der Waals surface area contributed by atoms with Crippen molar-refractivity contribution >= 4 is 22.6 Å². The van der Waals surface area contributed by atoms with Crippen molar-refractivity contribution in [2.24, 2.45) is 0 Å². The lowest BCUT2D eigenvalue weighted by Gasteiger charge is -2.41. The van der Waals surface area contributed by atoms with Crippen LogP contribution in [0, 0.1) is 0 Å². The van der Waals surface area contributed by atoms with Crippen molar-refractivity contribution < 1.29 is 18.7 Å². The number of para-hydroxylation sites is 2. The molecule has 1 atom stereocenters. The number of hydrogen-bond acceptors (Lipinski definition) is 6. The second-order valence-electron chi connectivity index (χ2n) is 7.94. The van der Waals surface area contributed by atoms with E-state index in [1.807, 2.05) is 49.1 Å². The Morgan fingerprint density at radius 1 is 1.16 bits per heavy atom. The van der Waals surface area contributed by atoms with E-state index in [9.17, 15) is 9.59 Å². The van der Waals surface area contributed by atoms with Crippen LogP contribution in [-0.4, -0.2) is 50.2 Å². The van der Waals surface area contributed by atoms with E-state index in [-0.39, 0.29) is 24.2 Å². The van der Waals surface area contributed by atoms with Crippen LogP contribution < -0.4 is 20.0 Å². The molecule has 1 aliphatic rings. The number of hydrogen-bond donors (Lipinski definition) is 0. The van der Waals surface area contributed by atoms with E-state index < -0.39 is 0 Å². The molecule has 4 rings (SSSR count). The first-order valence-electron chi connectivity index (χ1n) is 10.9. The predicted octanol–water partition coefficient (Wildman–Crippen LogP) is 3.48. The molecule has 1 aliphatic heterocycles. The number of rotatable bonds is 6. The van der Waals surface area contributed by atoms with Crippen LogP contribution >= 0.6 is 0 Å². The molecule has 168 valence electrons. The summed E-state index contributed by atoms with van der Waals surface area (Å²) < 4.78 is 16.5. The van der Waals surface area contributed by atoms with Gasteiger partial charge in [0.1, 0.15) is 17.1 Å². The summed E-state index contributed by atoms with van der Waals surface area (Å²) in [5.74, 6) is 1.26. The molecule has 1 fully saturated rings. The first kappa shape index (κ1) is 21.7. The summed E-state index contributed by atoms with van der Waals surface area (Å²) in [5.41, 5.74) is 2.05. The fraction of sp³-hybridized carbons (Fsp3) is 0.360. The maximum absolute atomic E-state index is 12.9. The van der Waals surface area contributed by atoms with Gasteiger partial charge in [-0.15, -0.1) is 0 Å². The van der Waals surface area contributed by atoms with E-state index in [1.54, 1.807) is 19.2 Å². The van der Waals surface area contributed by atoms with Crippen LogP contribution in [0.3, 0.4) is 0 Å². The Hall–Kier alpha value is -3.48. The zero-order chi connectivity index (χ0) is 22.7. The van der Waals surface area contributed by atoms with Crippen molar-refractivity contribution in [3.05, 3.63) is 64.5 Å². The number of carbonyl (C=O) groups excluding carboxylic acids is 1. The third-order valence-electron chi connectivity index (χ3n) is 5.92. The molecule has 1 saturated heterocycles. The second kappa shape index (κ2) is 9.34. The molecule has 7 heteroatoms. The third kappa shape index (κ3) is 4.42. The summed E-state index contributed by atoms with van der Waals surface area (Å²) in [6.07, 6.45) is 0.736. The Morgan fingerprint density at radius 3 is 2.72 bits per heavy atom. The normalized spacial score (nSPS) is 16.3. The molecule has 2 heterocycles. The summed E-state index contributed by atoms with van der Waals surface area (Å²) in [6, 6.07) is 14.8. The van der Waals surface area contributed by atoms with Gasteiger partial charge in [0.25, 0.3) is 5.91 Å². The average molecular weight is 437 g/mol. The molecule has 1 unspecified atom stereocenters. The molecule has 1 aromatic heterocycles. The van der Waals surface area contributed by atoms with Gasteiger partial charge in [-0.3, -0.25) is 4.79 Å². The van der Waals surface area contributed by atoms with Crippen LogP contribution in [0.5, 0.6) is 11.5 Å².